The molecule has 6 heteroatoms. The van der Waals surface area contributed by atoms with Crippen molar-refractivity contribution in [2.45, 2.75) is 13.1 Å². The van der Waals surface area contributed by atoms with Crippen LogP contribution in [0.4, 0.5) is 0 Å². The van der Waals surface area contributed by atoms with Crippen LogP contribution in [0.25, 0.3) is 0 Å². The van der Waals surface area contributed by atoms with E-state index in [2.05, 4.69) is 13.1 Å². The van der Waals surface area contributed by atoms with Gasteiger partial charge in [-0.2, -0.15) is 0 Å². The fourth-order valence-electron chi connectivity index (χ4n) is 0. The monoisotopic (exact) mass is 158 g/mol. The van der Waals surface area contributed by atoms with Gasteiger partial charge in [0.2, 0.25) is 0 Å². The molecule has 0 aliphatic heterocycles. The Labute approximate surface area is 50.6 Å². The largest absolute Gasteiger partial charge is 0.466 e. The van der Waals surface area contributed by atoms with Crippen LogP contribution in [0.2, 0.25) is 13.1 Å². The second-order valence-corrected chi connectivity index (χ2v) is 3.66. The van der Waals surface area contributed by atoms with Crippen LogP contribution in [-0.2, 0) is 4.57 Å². The molecule has 0 heterocycles. The average Bonchev–Trinajstić information content (AvgIpc) is 1.27. The lowest BCUT2D eigenvalue weighted by molar-refractivity contribution is 0.275. The molecule has 0 atom stereocenters. The average molecular weight is 158 g/mol. The summed E-state index contributed by atoms with van der Waals surface area (Å²) in [5.74, 6) is 0. The Balaban J connectivity index is 0. The fourth-order valence-corrected chi connectivity index (χ4v) is 0. The van der Waals surface area contributed by atoms with Crippen molar-refractivity contribution < 1.29 is 19.2 Å². The third-order valence-electron chi connectivity index (χ3n) is 0. The molecular formula is C2H11O4PSi. The van der Waals surface area contributed by atoms with E-state index in [0.717, 1.165) is 0 Å². The molecule has 0 saturated carbocycles. The van der Waals surface area contributed by atoms with Crippen LogP contribution in [0.3, 0.4) is 0 Å². The minimum Gasteiger partial charge on any atom is -0.303 e. The van der Waals surface area contributed by atoms with Crippen molar-refractivity contribution in [1.82, 2.24) is 0 Å². The van der Waals surface area contributed by atoms with Crippen molar-refractivity contribution >= 4 is 17.3 Å². The van der Waals surface area contributed by atoms with Crippen LogP contribution in [-0.4, -0.2) is 24.2 Å². The molecule has 3 N–H and O–H groups in total. The lowest BCUT2D eigenvalue weighted by Crippen LogP contribution is -1.66. The molecule has 0 aliphatic carbocycles. The first-order chi connectivity index (χ1) is 3.41. The Bertz CT molecular complexity index is 69.8. The smallest absolute Gasteiger partial charge is 0.303 e. The van der Waals surface area contributed by atoms with Gasteiger partial charge in [-0.15, -0.1) is 0 Å². The molecule has 0 aromatic carbocycles. The van der Waals surface area contributed by atoms with Crippen molar-refractivity contribution in [1.29, 1.82) is 0 Å². The Morgan fingerprint density at radius 2 is 1.25 bits per heavy atom. The van der Waals surface area contributed by atoms with Crippen molar-refractivity contribution in [3.05, 3.63) is 0 Å². The van der Waals surface area contributed by atoms with Gasteiger partial charge in [0.05, 0.1) is 0 Å². The van der Waals surface area contributed by atoms with Gasteiger partial charge in [0.1, 0.15) is 0 Å². The zero-order valence-electron chi connectivity index (χ0n) is 4.90. The molecule has 52 valence electrons. The number of hydrogen-bond acceptors (Lipinski definition) is 1. The van der Waals surface area contributed by atoms with Gasteiger partial charge in [-0.05, 0) is 0 Å². The summed E-state index contributed by atoms with van der Waals surface area (Å²) in [5.41, 5.74) is 0. The standard InChI is InChI=1S/C2H8Si.H3O4P/c1-3-2;1-5(2,3)4/h3H2,1-2H3;(H3,1,2,3,4). The van der Waals surface area contributed by atoms with Crippen LogP contribution in [0, 0.1) is 0 Å². The van der Waals surface area contributed by atoms with Crippen molar-refractivity contribution in [3.8, 4) is 0 Å². The molecule has 0 aromatic rings. The van der Waals surface area contributed by atoms with Crippen LogP contribution >= 0.6 is 7.82 Å². The van der Waals surface area contributed by atoms with E-state index in [4.69, 9.17) is 19.2 Å². The maximum atomic E-state index is 8.88. The highest BCUT2D eigenvalue weighted by Crippen LogP contribution is 2.25. The molecular weight excluding hydrogens is 147 g/mol. The summed E-state index contributed by atoms with van der Waals surface area (Å²) in [7, 11) is -4.22. The first kappa shape index (κ1) is 11.2. The summed E-state index contributed by atoms with van der Waals surface area (Å²) < 4.78 is 8.88. The Morgan fingerprint density at radius 3 is 1.25 bits per heavy atom. The highest BCUT2D eigenvalue weighted by Gasteiger charge is 2.00. The molecule has 0 spiro atoms. The molecule has 0 unspecified atom stereocenters. The van der Waals surface area contributed by atoms with Crippen molar-refractivity contribution in [2.24, 2.45) is 0 Å². The number of hydrogen-bond donors (Lipinski definition) is 3. The molecule has 0 bridgehead atoms. The molecule has 0 aromatic heterocycles. The second-order valence-electron chi connectivity index (χ2n) is 1.22. The van der Waals surface area contributed by atoms with E-state index in [1.165, 1.54) is 0 Å². The van der Waals surface area contributed by atoms with E-state index in [1.54, 1.807) is 0 Å². The van der Waals surface area contributed by atoms with Gasteiger partial charge in [0, 0.05) is 9.52 Å². The van der Waals surface area contributed by atoms with Crippen LogP contribution in [0.5, 0.6) is 0 Å². The molecule has 0 amide bonds. The van der Waals surface area contributed by atoms with Gasteiger partial charge in [-0.1, -0.05) is 13.1 Å². The molecule has 0 radical (unpaired) electrons. The van der Waals surface area contributed by atoms with Crippen LogP contribution in [0.15, 0.2) is 0 Å². The van der Waals surface area contributed by atoms with Gasteiger partial charge in [-0.25, -0.2) is 4.57 Å². The second kappa shape index (κ2) is 5.46. The lowest BCUT2D eigenvalue weighted by atomic mass is 11.9. The Morgan fingerprint density at radius 1 is 1.25 bits per heavy atom. The third kappa shape index (κ3) is 1680. The molecule has 0 aliphatic rings. The van der Waals surface area contributed by atoms with E-state index < -0.39 is 7.82 Å². The molecule has 0 fully saturated rings. The minimum absolute atomic E-state index is 0.417. The zero-order valence-corrected chi connectivity index (χ0v) is 7.21. The fraction of sp³-hybridized carbons (Fsp3) is 1.00. The Kier molecular flexibility index (Phi) is 7.63. The van der Waals surface area contributed by atoms with Crippen molar-refractivity contribution in [2.75, 3.05) is 0 Å². The number of phosphoric acid groups is 1. The van der Waals surface area contributed by atoms with E-state index in [9.17, 15) is 0 Å². The topological polar surface area (TPSA) is 77.8 Å². The highest BCUT2D eigenvalue weighted by molar-refractivity contribution is 7.45. The van der Waals surface area contributed by atoms with E-state index in [0.29, 0.717) is 9.52 Å². The maximum Gasteiger partial charge on any atom is 0.466 e. The van der Waals surface area contributed by atoms with Gasteiger partial charge < -0.3 is 14.7 Å². The summed E-state index contributed by atoms with van der Waals surface area (Å²) >= 11 is 0. The molecule has 8 heavy (non-hydrogen) atoms. The van der Waals surface area contributed by atoms with Gasteiger partial charge in [-0.3, -0.25) is 0 Å². The lowest BCUT2D eigenvalue weighted by Gasteiger charge is -1.82. The third-order valence-corrected chi connectivity index (χ3v) is 0. The maximum absolute atomic E-state index is 8.88. The highest BCUT2D eigenvalue weighted by atomic mass is 31.2. The molecule has 0 rings (SSSR count). The van der Waals surface area contributed by atoms with Crippen LogP contribution in [0.1, 0.15) is 0 Å². The quantitative estimate of drug-likeness (QED) is 0.322. The van der Waals surface area contributed by atoms with Gasteiger partial charge in [0.25, 0.3) is 0 Å². The van der Waals surface area contributed by atoms with E-state index >= 15 is 0 Å². The zero-order chi connectivity index (χ0) is 7.21. The summed E-state index contributed by atoms with van der Waals surface area (Å²) in [4.78, 5) is 21.6. The molecule has 4 nitrogen and oxygen atoms in total. The summed E-state index contributed by atoms with van der Waals surface area (Å²) in [6.07, 6.45) is 0. The first-order valence-electron chi connectivity index (χ1n) is 2.20. The Hall–Kier alpha value is 0.327. The minimum atomic E-state index is -4.64. The summed E-state index contributed by atoms with van der Waals surface area (Å²) in [6.45, 7) is 4.53. The first-order valence-corrected chi connectivity index (χ1v) is 6.59. The van der Waals surface area contributed by atoms with Gasteiger partial charge >= 0.3 is 7.82 Å². The van der Waals surface area contributed by atoms with Gasteiger partial charge in [0.15, 0.2) is 0 Å². The SMILES string of the molecule is C[SiH2]C.O=P(O)(O)O. The van der Waals surface area contributed by atoms with Crippen molar-refractivity contribution in [3.63, 3.8) is 0 Å². The normalized spacial score (nSPS) is 9.62. The summed E-state index contributed by atoms with van der Waals surface area (Å²) in [5, 5.41) is 0. The number of rotatable bonds is 0. The predicted molar refractivity (Wildman–Crippen MR) is 34.5 cm³/mol. The predicted octanol–water partition coefficient (Wildman–Crippen LogP) is -0.677. The molecule has 0 saturated heterocycles. The van der Waals surface area contributed by atoms with E-state index in [-0.39, 0.29) is 0 Å². The van der Waals surface area contributed by atoms with E-state index in [1.807, 2.05) is 0 Å². The summed E-state index contributed by atoms with van der Waals surface area (Å²) in [6, 6.07) is 0. The van der Waals surface area contributed by atoms with Crippen LogP contribution < -0.4 is 0 Å².